The van der Waals surface area contributed by atoms with Crippen LogP contribution < -0.4 is 16.0 Å². The second-order valence-corrected chi connectivity index (χ2v) is 9.02. The molecule has 0 spiro atoms. The Morgan fingerprint density at radius 1 is 1.04 bits per heavy atom. The monoisotopic (exact) mass is 403 g/mol. The van der Waals surface area contributed by atoms with Crippen molar-refractivity contribution in [2.24, 2.45) is 5.92 Å². The molecule has 146 valence electrons. The minimum Gasteiger partial charge on any atom is -0.326 e. The van der Waals surface area contributed by atoms with Gasteiger partial charge in [0.15, 0.2) is 14.6 Å². The Morgan fingerprint density at radius 2 is 1.50 bits per heavy atom. The van der Waals surface area contributed by atoms with Gasteiger partial charge < -0.3 is 16.0 Å². The van der Waals surface area contributed by atoms with Crippen LogP contribution in [0.2, 0.25) is 0 Å². The number of halogens is 1. The molecule has 0 saturated carbocycles. The van der Waals surface area contributed by atoms with E-state index in [1.165, 1.54) is 0 Å². The van der Waals surface area contributed by atoms with Crippen molar-refractivity contribution in [3.05, 3.63) is 24.3 Å². The highest BCUT2D eigenvalue weighted by Crippen LogP contribution is 2.29. The first-order valence-electron chi connectivity index (χ1n) is 8.28. The number of sulfone groups is 1. The largest absolute Gasteiger partial charge is 0.326 e. The molecule has 1 aliphatic rings. The van der Waals surface area contributed by atoms with Crippen LogP contribution in [0.3, 0.4) is 0 Å². The van der Waals surface area contributed by atoms with Crippen LogP contribution >= 0.6 is 12.4 Å². The fourth-order valence-corrected chi connectivity index (χ4v) is 4.10. The van der Waals surface area contributed by atoms with Gasteiger partial charge in [0.25, 0.3) is 0 Å². The molecule has 2 rings (SSSR count). The fourth-order valence-electron chi connectivity index (χ4n) is 2.77. The van der Waals surface area contributed by atoms with Crippen LogP contribution in [0, 0.1) is 5.92 Å². The standard InChI is InChI=1S/C17H25N3O4S.ClH/c1-12(2)15(21)19-13-4-6-14(7-5-13)20-16(22)17(25(3,23)24)8-10-18-11-9-17;/h4-7,12,18H,8-11H2,1-3H3,(H,19,21)(H,20,22);1H. The first kappa shape index (κ1) is 22.4. The summed E-state index contributed by atoms with van der Waals surface area (Å²) < 4.78 is 23.1. The molecule has 0 radical (unpaired) electrons. The van der Waals surface area contributed by atoms with Gasteiger partial charge >= 0.3 is 0 Å². The summed E-state index contributed by atoms with van der Waals surface area (Å²) in [6, 6.07) is 6.63. The topological polar surface area (TPSA) is 104 Å². The zero-order valence-corrected chi connectivity index (χ0v) is 16.8. The van der Waals surface area contributed by atoms with Gasteiger partial charge in [-0.25, -0.2) is 8.42 Å². The predicted octanol–water partition coefficient (Wildman–Crippen LogP) is 1.81. The first-order chi connectivity index (χ1) is 11.7. The Hall–Kier alpha value is -1.64. The maximum atomic E-state index is 12.7. The van der Waals surface area contributed by atoms with Crippen molar-refractivity contribution in [3.8, 4) is 0 Å². The zero-order chi connectivity index (χ0) is 18.7. The number of benzene rings is 1. The van der Waals surface area contributed by atoms with Crippen LogP contribution in [0.25, 0.3) is 0 Å². The van der Waals surface area contributed by atoms with Gasteiger partial charge in [-0.05, 0) is 50.2 Å². The lowest BCUT2D eigenvalue weighted by atomic mass is 9.95. The molecule has 9 heteroatoms. The fraction of sp³-hybridized carbons (Fsp3) is 0.529. The van der Waals surface area contributed by atoms with Crippen LogP contribution in [-0.2, 0) is 19.4 Å². The summed E-state index contributed by atoms with van der Waals surface area (Å²) in [6.07, 6.45) is 1.61. The van der Waals surface area contributed by atoms with Gasteiger partial charge in [0, 0.05) is 23.5 Å². The molecular formula is C17H26ClN3O4S. The quantitative estimate of drug-likeness (QED) is 0.695. The number of carbonyl (C=O) groups is 2. The molecule has 1 saturated heterocycles. The second kappa shape index (κ2) is 8.83. The van der Waals surface area contributed by atoms with Gasteiger partial charge in [0.1, 0.15) is 0 Å². The summed E-state index contributed by atoms with van der Waals surface area (Å²) in [5.74, 6) is -0.730. The SMILES string of the molecule is CC(C)C(=O)Nc1ccc(NC(=O)C2(S(C)(=O)=O)CCNCC2)cc1.Cl. The molecule has 1 aromatic rings. The van der Waals surface area contributed by atoms with Gasteiger partial charge in [-0.1, -0.05) is 13.8 Å². The number of hydrogen-bond donors (Lipinski definition) is 3. The number of hydrogen-bond acceptors (Lipinski definition) is 5. The van der Waals surface area contributed by atoms with Gasteiger partial charge in [-0.3, -0.25) is 9.59 Å². The maximum Gasteiger partial charge on any atom is 0.245 e. The van der Waals surface area contributed by atoms with E-state index < -0.39 is 20.5 Å². The second-order valence-electron chi connectivity index (χ2n) is 6.69. The highest BCUT2D eigenvalue weighted by Gasteiger charge is 2.48. The predicted molar refractivity (Wildman–Crippen MR) is 105 cm³/mol. The lowest BCUT2D eigenvalue weighted by Gasteiger charge is -2.34. The van der Waals surface area contributed by atoms with Crippen LogP contribution in [0.4, 0.5) is 11.4 Å². The minimum atomic E-state index is -3.55. The number of nitrogens with one attached hydrogen (secondary N) is 3. The third kappa shape index (κ3) is 4.96. The van der Waals surface area contributed by atoms with Gasteiger partial charge in [0.2, 0.25) is 11.8 Å². The Bertz CT molecular complexity index is 742. The normalized spacial score (nSPS) is 16.5. The Morgan fingerprint density at radius 3 is 1.92 bits per heavy atom. The number of anilines is 2. The summed E-state index contributed by atoms with van der Waals surface area (Å²) in [5, 5.41) is 8.55. The van der Waals surface area contributed by atoms with Gasteiger partial charge in [-0.15, -0.1) is 12.4 Å². The van der Waals surface area contributed by atoms with E-state index in [1.54, 1.807) is 38.1 Å². The summed E-state index contributed by atoms with van der Waals surface area (Å²) in [6.45, 7) is 4.57. The molecule has 1 fully saturated rings. The average molecular weight is 404 g/mol. The zero-order valence-electron chi connectivity index (χ0n) is 15.2. The minimum absolute atomic E-state index is 0. The molecule has 0 bridgehead atoms. The smallest absolute Gasteiger partial charge is 0.245 e. The van der Waals surface area contributed by atoms with E-state index in [9.17, 15) is 18.0 Å². The van der Waals surface area contributed by atoms with Crippen molar-refractivity contribution >= 4 is 45.4 Å². The van der Waals surface area contributed by atoms with Gasteiger partial charge in [-0.2, -0.15) is 0 Å². The van der Waals surface area contributed by atoms with Crippen molar-refractivity contribution in [1.29, 1.82) is 0 Å². The molecule has 3 N–H and O–H groups in total. The summed E-state index contributed by atoms with van der Waals surface area (Å²) in [4.78, 5) is 24.4. The van der Waals surface area contributed by atoms with Crippen molar-refractivity contribution in [2.45, 2.75) is 31.4 Å². The molecule has 0 unspecified atom stereocenters. The van der Waals surface area contributed by atoms with Gasteiger partial charge in [0.05, 0.1) is 0 Å². The summed E-state index contributed by atoms with van der Waals surface area (Å²) >= 11 is 0. The lowest BCUT2D eigenvalue weighted by Crippen LogP contribution is -2.55. The Labute approximate surface area is 160 Å². The molecule has 1 heterocycles. The molecule has 7 nitrogen and oxygen atoms in total. The number of piperidine rings is 1. The molecular weight excluding hydrogens is 378 g/mol. The van der Waals surface area contributed by atoms with E-state index in [1.807, 2.05) is 0 Å². The van der Waals surface area contributed by atoms with Crippen LogP contribution in [0.1, 0.15) is 26.7 Å². The highest BCUT2D eigenvalue weighted by molar-refractivity contribution is 7.92. The van der Waals surface area contributed by atoms with E-state index in [2.05, 4.69) is 16.0 Å². The number of amides is 2. The van der Waals surface area contributed by atoms with Crippen molar-refractivity contribution in [2.75, 3.05) is 30.0 Å². The Balaban J connectivity index is 0.00000338. The summed E-state index contributed by atoms with van der Waals surface area (Å²) in [5.41, 5.74) is 1.12. The van der Waals surface area contributed by atoms with E-state index in [0.29, 0.717) is 24.5 Å². The average Bonchev–Trinajstić information content (AvgIpc) is 2.56. The van der Waals surface area contributed by atoms with Crippen molar-refractivity contribution < 1.29 is 18.0 Å². The summed E-state index contributed by atoms with van der Waals surface area (Å²) in [7, 11) is -3.55. The molecule has 26 heavy (non-hydrogen) atoms. The van der Waals surface area contributed by atoms with E-state index in [4.69, 9.17) is 0 Å². The highest BCUT2D eigenvalue weighted by atomic mass is 35.5. The molecule has 1 aromatic carbocycles. The molecule has 0 aliphatic carbocycles. The van der Waals surface area contributed by atoms with Crippen LogP contribution in [-0.4, -0.2) is 44.3 Å². The van der Waals surface area contributed by atoms with Crippen LogP contribution in [0.15, 0.2) is 24.3 Å². The first-order valence-corrected chi connectivity index (χ1v) is 10.2. The number of rotatable bonds is 5. The number of carbonyl (C=O) groups excluding carboxylic acids is 2. The molecule has 0 aromatic heterocycles. The lowest BCUT2D eigenvalue weighted by molar-refractivity contribution is -0.119. The van der Waals surface area contributed by atoms with Crippen molar-refractivity contribution in [3.63, 3.8) is 0 Å². The maximum absolute atomic E-state index is 12.7. The Kier molecular flexibility index (Phi) is 7.61. The molecule has 0 atom stereocenters. The third-order valence-corrected chi connectivity index (χ3v) is 6.48. The molecule has 2 amide bonds. The third-order valence-electron chi connectivity index (χ3n) is 4.47. The van der Waals surface area contributed by atoms with Crippen molar-refractivity contribution in [1.82, 2.24) is 5.32 Å². The van der Waals surface area contributed by atoms with E-state index in [-0.39, 0.29) is 37.1 Å². The van der Waals surface area contributed by atoms with E-state index in [0.717, 1.165) is 6.26 Å². The van der Waals surface area contributed by atoms with Crippen LogP contribution in [0.5, 0.6) is 0 Å². The van der Waals surface area contributed by atoms with E-state index >= 15 is 0 Å². The molecule has 1 aliphatic heterocycles.